The Morgan fingerprint density at radius 3 is 2.25 bits per heavy atom. The third-order valence-electron chi connectivity index (χ3n) is 5.24. The predicted molar refractivity (Wildman–Crippen MR) is 91.1 cm³/mol. The minimum atomic E-state index is 0.964. The lowest BCUT2D eigenvalue weighted by atomic mass is 9.72. The number of rotatable bonds is 11. The summed E-state index contributed by atoms with van der Waals surface area (Å²) in [6.45, 7) is 9.40. The van der Waals surface area contributed by atoms with E-state index in [1.165, 1.54) is 77.2 Å². The fourth-order valence-electron chi connectivity index (χ4n) is 3.88. The van der Waals surface area contributed by atoms with Crippen LogP contribution in [0.1, 0.15) is 91.4 Å². The molecule has 120 valence electrons. The first-order valence-corrected chi connectivity index (χ1v) is 9.48. The molecule has 1 saturated carbocycles. The van der Waals surface area contributed by atoms with Gasteiger partial charge in [-0.15, -0.1) is 0 Å². The van der Waals surface area contributed by atoms with Gasteiger partial charge < -0.3 is 5.32 Å². The molecule has 1 fully saturated rings. The molecule has 3 unspecified atom stereocenters. The molecular weight excluding hydrogens is 242 g/mol. The third-order valence-corrected chi connectivity index (χ3v) is 5.24. The van der Waals surface area contributed by atoms with E-state index in [4.69, 9.17) is 0 Å². The average Bonchev–Trinajstić information content (AvgIpc) is 2.45. The molecule has 0 saturated heterocycles. The van der Waals surface area contributed by atoms with Gasteiger partial charge in [-0.25, -0.2) is 0 Å². The molecular formula is C19H39N. The van der Waals surface area contributed by atoms with Crippen molar-refractivity contribution in [2.75, 3.05) is 13.1 Å². The summed E-state index contributed by atoms with van der Waals surface area (Å²) in [7, 11) is 0. The average molecular weight is 282 g/mol. The van der Waals surface area contributed by atoms with Crippen LogP contribution in [-0.2, 0) is 0 Å². The van der Waals surface area contributed by atoms with Crippen LogP contribution < -0.4 is 5.32 Å². The van der Waals surface area contributed by atoms with Crippen molar-refractivity contribution in [1.29, 1.82) is 0 Å². The molecule has 0 radical (unpaired) electrons. The lowest BCUT2D eigenvalue weighted by molar-refractivity contribution is 0.172. The van der Waals surface area contributed by atoms with E-state index in [1.807, 2.05) is 0 Å². The maximum atomic E-state index is 3.59. The van der Waals surface area contributed by atoms with Crippen LogP contribution in [0.4, 0.5) is 0 Å². The molecule has 0 bridgehead atoms. The summed E-state index contributed by atoms with van der Waals surface area (Å²) in [5.74, 6) is 2.95. The molecule has 0 aromatic rings. The number of nitrogens with one attached hydrogen (secondary N) is 1. The third kappa shape index (κ3) is 7.67. The van der Waals surface area contributed by atoms with E-state index in [1.54, 1.807) is 0 Å². The Balaban J connectivity index is 2.13. The molecule has 1 aliphatic carbocycles. The maximum absolute atomic E-state index is 3.59. The summed E-state index contributed by atoms with van der Waals surface area (Å²) in [6, 6.07) is 0. The normalized spacial score (nSPS) is 26.9. The van der Waals surface area contributed by atoms with Crippen LogP contribution >= 0.6 is 0 Å². The molecule has 1 nitrogen and oxygen atoms in total. The van der Waals surface area contributed by atoms with Gasteiger partial charge in [0.05, 0.1) is 0 Å². The summed E-state index contributed by atoms with van der Waals surface area (Å²) in [4.78, 5) is 0. The van der Waals surface area contributed by atoms with Crippen LogP contribution in [-0.4, -0.2) is 13.1 Å². The van der Waals surface area contributed by atoms with Crippen molar-refractivity contribution in [3.05, 3.63) is 0 Å². The highest BCUT2D eigenvalue weighted by Crippen LogP contribution is 2.36. The van der Waals surface area contributed by atoms with Crippen LogP contribution in [0.3, 0.4) is 0 Å². The lowest BCUT2D eigenvalue weighted by Crippen LogP contribution is -2.32. The molecule has 0 heterocycles. The van der Waals surface area contributed by atoms with Crippen LogP contribution in [0, 0.1) is 17.8 Å². The van der Waals surface area contributed by atoms with E-state index >= 15 is 0 Å². The fraction of sp³-hybridized carbons (Fsp3) is 1.00. The highest BCUT2D eigenvalue weighted by Gasteiger charge is 2.27. The first-order chi connectivity index (χ1) is 9.77. The quantitative estimate of drug-likeness (QED) is 0.473. The molecule has 1 rings (SSSR count). The molecule has 20 heavy (non-hydrogen) atoms. The van der Waals surface area contributed by atoms with Gasteiger partial charge in [-0.2, -0.15) is 0 Å². The predicted octanol–water partition coefficient (Wildman–Crippen LogP) is 5.79. The van der Waals surface area contributed by atoms with E-state index < -0.39 is 0 Å². The topological polar surface area (TPSA) is 12.0 Å². The zero-order valence-corrected chi connectivity index (χ0v) is 14.4. The SMILES string of the molecule is CCCCCCCCCC1CC(C)CCC1CNCC. The number of hydrogen-bond acceptors (Lipinski definition) is 1. The van der Waals surface area contributed by atoms with Crippen molar-refractivity contribution in [3.63, 3.8) is 0 Å². The Kier molecular flexibility index (Phi) is 10.4. The molecule has 3 atom stereocenters. The first-order valence-electron chi connectivity index (χ1n) is 9.48. The largest absolute Gasteiger partial charge is 0.317 e. The van der Waals surface area contributed by atoms with Gasteiger partial charge >= 0.3 is 0 Å². The smallest absolute Gasteiger partial charge is 0.00180 e. The van der Waals surface area contributed by atoms with Crippen molar-refractivity contribution >= 4 is 0 Å². The molecule has 1 aliphatic rings. The first kappa shape index (κ1) is 18.0. The van der Waals surface area contributed by atoms with Gasteiger partial charge in [0.25, 0.3) is 0 Å². The zero-order chi connectivity index (χ0) is 14.6. The molecule has 0 spiro atoms. The van der Waals surface area contributed by atoms with E-state index in [0.717, 1.165) is 24.3 Å². The zero-order valence-electron chi connectivity index (χ0n) is 14.4. The summed E-state index contributed by atoms with van der Waals surface area (Å²) in [6.07, 6.45) is 16.1. The monoisotopic (exact) mass is 281 g/mol. The summed E-state index contributed by atoms with van der Waals surface area (Å²) in [5, 5.41) is 3.59. The molecule has 0 aromatic carbocycles. The molecule has 0 amide bonds. The van der Waals surface area contributed by atoms with Gasteiger partial charge in [-0.3, -0.25) is 0 Å². The van der Waals surface area contributed by atoms with Crippen LogP contribution in [0.15, 0.2) is 0 Å². The van der Waals surface area contributed by atoms with Gasteiger partial charge in [0.2, 0.25) is 0 Å². The Morgan fingerprint density at radius 1 is 0.850 bits per heavy atom. The van der Waals surface area contributed by atoms with Gasteiger partial charge in [0, 0.05) is 0 Å². The summed E-state index contributed by atoms with van der Waals surface area (Å²) >= 11 is 0. The van der Waals surface area contributed by atoms with Crippen LogP contribution in [0.5, 0.6) is 0 Å². The summed E-state index contributed by atoms with van der Waals surface area (Å²) < 4.78 is 0. The summed E-state index contributed by atoms with van der Waals surface area (Å²) in [5.41, 5.74) is 0. The molecule has 1 heteroatoms. The van der Waals surface area contributed by atoms with Gasteiger partial charge in [-0.05, 0) is 43.7 Å². The Labute approximate surface area is 128 Å². The van der Waals surface area contributed by atoms with Crippen molar-refractivity contribution in [2.24, 2.45) is 17.8 Å². The standard InChI is InChI=1S/C19H39N/c1-4-6-7-8-9-10-11-12-18-15-17(3)13-14-19(18)16-20-5-2/h17-20H,4-16H2,1-3H3. The van der Waals surface area contributed by atoms with E-state index in [2.05, 4.69) is 26.1 Å². The van der Waals surface area contributed by atoms with Crippen molar-refractivity contribution < 1.29 is 0 Å². The second kappa shape index (κ2) is 11.6. The van der Waals surface area contributed by atoms with Gasteiger partial charge in [-0.1, -0.05) is 78.6 Å². The van der Waals surface area contributed by atoms with Crippen molar-refractivity contribution in [2.45, 2.75) is 91.4 Å². The Morgan fingerprint density at radius 2 is 1.55 bits per heavy atom. The Bertz CT molecular complexity index is 212. The van der Waals surface area contributed by atoms with Gasteiger partial charge in [0.1, 0.15) is 0 Å². The maximum Gasteiger partial charge on any atom is -0.00180 e. The van der Waals surface area contributed by atoms with Gasteiger partial charge in [0.15, 0.2) is 0 Å². The minimum absolute atomic E-state index is 0.964. The highest BCUT2D eigenvalue weighted by molar-refractivity contribution is 4.80. The molecule has 0 aliphatic heterocycles. The van der Waals surface area contributed by atoms with Crippen LogP contribution in [0.2, 0.25) is 0 Å². The van der Waals surface area contributed by atoms with E-state index in [9.17, 15) is 0 Å². The fourth-order valence-corrected chi connectivity index (χ4v) is 3.88. The highest BCUT2D eigenvalue weighted by atomic mass is 14.8. The van der Waals surface area contributed by atoms with Crippen molar-refractivity contribution in [3.8, 4) is 0 Å². The molecule has 1 N–H and O–H groups in total. The molecule has 0 aromatic heterocycles. The Hall–Kier alpha value is -0.0400. The van der Waals surface area contributed by atoms with E-state index in [0.29, 0.717) is 0 Å². The number of unbranched alkanes of at least 4 members (excludes halogenated alkanes) is 6. The minimum Gasteiger partial charge on any atom is -0.317 e. The lowest BCUT2D eigenvalue weighted by Gasteiger charge is -2.35. The second-order valence-electron chi connectivity index (χ2n) is 7.16. The van der Waals surface area contributed by atoms with Crippen molar-refractivity contribution in [1.82, 2.24) is 5.32 Å². The van der Waals surface area contributed by atoms with Crippen LogP contribution in [0.25, 0.3) is 0 Å². The number of hydrogen-bond donors (Lipinski definition) is 1. The second-order valence-corrected chi connectivity index (χ2v) is 7.16. The van der Waals surface area contributed by atoms with E-state index in [-0.39, 0.29) is 0 Å².